The number of ether oxygens (including phenoxy) is 1. The number of para-hydroxylation sites is 1. The topological polar surface area (TPSA) is 55.0 Å². The van der Waals surface area contributed by atoms with Crippen LogP contribution in [0.1, 0.15) is 18.2 Å². The van der Waals surface area contributed by atoms with Gasteiger partial charge in [-0.1, -0.05) is 29.8 Å². The maximum Gasteiger partial charge on any atom is 0.267 e. The van der Waals surface area contributed by atoms with Crippen molar-refractivity contribution in [3.8, 4) is 5.75 Å². The van der Waals surface area contributed by atoms with Crippen LogP contribution in [0.3, 0.4) is 0 Å². The van der Waals surface area contributed by atoms with Crippen molar-refractivity contribution in [2.24, 2.45) is 4.99 Å². The van der Waals surface area contributed by atoms with Crippen molar-refractivity contribution in [3.63, 3.8) is 0 Å². The third-order valence-corrected chi connectivity index (χ3v) is 5.56. The Morgan fingerprint density at radius 3 is 2.73 bits per heavy atom. The zero-order valence-electron chi connectivity index (χ0n) is 16.2. The average molecular weight is 439 g/mol. The van der Waals surface area contributed by atoms with E-state index < -0.39 is 0 Å². The first-order chi connectivity index (χ1) is 14.6. The van der Waals surface area contributed by atoms with Gasteiger partial charge < -0.3 is 9.15 Å². The highest BCUT2D eigenvalue weighted by atomic mass is 35.5. The van der Waals surface area contributed by atoms with E-state index in [1.165, 1.54) is 11.8 Å². The Bertz CT molecular complexity index is 1090. The highest BCUT2D eigenvalue weighted by molar-refractivity contribution is 8.18. The van der Waals surface area contributed by atoms with Crippen LogP contribution in [0, 0.1) is 0 Å². The Balaban J connectivity index is 1.72. The van der Waals surface area contributed by atoms with Crippen LogP contribution in [0.25, 0.3) is 6.08 Å². The number of benzene rings is 2. The summed E-state index contributed by atoms with van der Waals surface area (Å²) in [5.74, 6) is 1.21. The molecule has 1 fully saturated rings. The molecule has 0 saturated carbocycles. The number of rotatable bonds is 6. The lowest BCUT2D eigenvalue weighted by Gasteiger charge is -2.13. The van der Waals surface area contributed by atoms with Crippen LogP contribution in [0.15, 0.2) is 81.2 Å². The molecule has 0 spiro atoms. The van der Waals surface area contributed by atoms with Crippen molar-refractivity contribution >= 4 is 46.2 Å². The van der Waals surface area contributed by atoms with Gasteiger partial charge in [-0.2, -0.15) is 0 Å². The monoisotopic (exact) mass is 438 g/mol. The van der Waals surface area contributed by atoms with E-state index in [1.54, 1.807) is 35.4 Å². The van der Waals surface area contributed by atoms with Crippen LogP contribution in [-0.2, 0) is 11.3 Å². The molecule has 7 heteroatoms. The number of thioether (sulfide) groups is 1. The molecule has 4 rings (SSSR count). The fraction of sp³-hybridized carbons (Fsp3) is 0.130. The standard InChI is InChI=1S/C23H19ClN2O3S/c1-2-28-20-11-10-17(24)13-16(20)14-21-22(27)26(15-19-9-6-12-29-19)23(30-21)25-18-7-4-3-5-8-18/h3-14H,2,15H2,1H3/b21-14-,25-23?. The van der Waals surface area contributed by atoms with E-state index in [4.69, 9.17) is 20.8 Å². The van der Waals surface area contributed by atoms with Crippen molar-refractivity contribution in [3.05, 3.63) is 88.2 Å². The Morgan fingerprint density at radius 1 is 1.17 bits per heavy atom. The van der Waals surface area contributed by atoms with Crippen LogP contribution < -0.4 is 4.74 Å². The minimum absolute atomic E-state index is 0.145. The molecule has 1 aromatic heterocycles. The molecule has 1 amide bonds. The van der Waals surface area contributed by atoms with Crippen molar-refractivity contribution in [1.82, 2.24) is 4.90 Å². The van der Waals surface area contributed by atoms with Gasteiger partial charge in [0.1, 0.15) is 11.5 Å². The number of carbonyl (C=O) groups is 1. The quantitative estimate of drug-likeness (QED) is 0.434. The first kappa shape index (κ1) is 20.3. The second-order valence-electron chi connectivity index (χ2n) is 6.43. The van der Waals surface area contributed by atoms with Crippen molar-refractivity contribution < 1.29 is 13.9 Å². The fourth-order valence-electron chi connectivity index (χ4n) is 2.96. The summed E-state index contributed by atoms with van der Waals surface area (Å²) in [7, 11) is 0. The van der Waals surface area contributed by atoms with E-state index in [9.17, 15) is 4.79 Å². The summed E-state index contributed by atoms with van der Waals surface area (Å²) < 4.78 is 11.1. The SMILES string of the molecule is CCOc1ccc(Cl)cc1/C=C1\SC(=Nc2ccccc2)N(Cc2ccco2)C1=O. The molecule has 1 saturated heterocycles. The van der Waals surface area contributed by atoms with Gasteiger partial charge in [0, 0.05) is 10.6 Å². The fourth-order valence-corrected chi connectivity index (χ4v) is 4.13. The largest absolute Gasteiger partial charge is 0.493 e. The molecule has 0 bridgehead atoms. The van der Waals surface area contributed by atoms with E-state index in [0.717, 1.165) is 11.3 Å². The number of hydrogen-bond acceptors (Lipinski definition) is 5. The molecule has 0 unspecified atom stereocenters. The zero-order valence-corrected chi connectivity index (χ0v) is 17.8. The molecule has 2 aromatic carbocycles. The van der Waals surface area contributed by atoms with E-state index in [1.807, 2.05) is 49.4 Å². The third kappa shape index (κ3) is 4.61. The van der Waals surface area contributed by atoms with Crippen molar-refractivity contribution in [1.29, 1.82) is 0 Å². The van der Waals surface area contributed by atoms with Gasteiger partial charge >= 0.3 is 0 Å². The van der Waals surface area contributed by atoms with E-state index in [-0.39, 0.29) is 5.91 Å². The summed E-state index contributed by atoms with van der Waals surface area (Å²) >= 11 is 7.49. The smallest absolute Gasteiger partial charge is 0.267 e. The molecule has 0 radical (unpaired) electrons. The third-order valence-electron chi connectivity index (χ3n) is 4.32. The second-order valence-corrected chi connectivity index (χ2v) is 7.87. The van der Waals surface area contributed by atoms with E-state index in [0.29, 0.717) is 39.8 Å². The van der Waals surface area contributed by atoms with Gasteiger partial charge in [0.2, 0.25) is 0 Å². The summed E-state index contributed by atoms with van der Waals surface area (Å²) in [6.07, 6.45) is 3.39. The maximum atomic E-state index is 13.2. The summed E-state index contributed by atoms with van der Waals surface area (Å²) in [5.41, 5.74) is 1.52. The second kappa shape index (κ2) is 9.24. The highest BCUT2D eigenvalue weighted by Crippen LogP contribution is 2.37. The number of amidine groups is 1. The van der Waals surface area contributed by atoms with Gasteiger partial charge in [0.15, 0.2) is 5.17 Å². The minimum atomic E-state index is -0.145. The Morgan fingerprint density at radius 2 is 2.00 bits per heavy atom. The molecule has 3 aromatic rings. The number of nitrogens with zero attached hydrogens (tertiary/aromatic N) is 2. The van der Waals surface area contributed by atoms with Crippen LogP contribution in [0.5, 0.6) is 5.75 Å². The van der Waals surface area contributed by atoms with Gasteiger partial charge in [0.05, 0.1) is 30.0 Å². The molecular formula is C23H19ClN2O3S. The molecule has 0 N–H and O–H groups in total. The Labute approximate surface area is 184 Å². The molecule has 1 aliphatic heterocycles. The molecule has 30 heavy (non-hydrogen) atoms. The molecular weight excluding hydrogens is 420 g/mol. The van der Waals surface area contributed by atoms with Crippen molar-refractivity contribution in [2.75, 3.05) is 6.61 Å². The Kier molecular flexibility index (Phi) is 6.26. The molecule has 0 aliphatic carbocycles. The molecule has 152 valence electrons. The number of aliphatic imine (C=N–C) groups is 1. The summed E-state index contributed by atoms with van der Waals surface area (Å²) in [6.45, 7) is 2.73. The molecule has 2 heterocycles. The predicted molar refractivity (Wildman–Crippen MR) is 121 cm³/mol. The summed E-state index contributed by atoms with van der Waals surface area (Å²) in [5, 5.41) is 1.17. The zero-order chi connectivity index (χ0) is 20.9. The molecule has 1 aliphatic rings. The maximum absolute atomic E-state index is 13.2. The number of carbonyl (C=O) groups excluding carboxylic acids is 1. The van der Waals surface area contributed by atoms with Gasteiger partial charge in [-0.25, -0.2) is 4.99 Å². The number of halogens is 1. The summed E-state index contributed by atoms with van der Waals surface area (Å²) in [6, 6.07) is 18.5. The average Bonchev–Trinajstić information content (AvgIpc) is 3.35. The normalized spacial score (nSPS) is 16.6. The molecule has 0 atom stereocenters. The van der Waals surface area contributed by atoms with Gasteiger partial charge in [-0.15, -0.1) is 0 Å². The lowest BCUT2D eigenvalue weighted by atomic mass is 10.2. The van der Waals surface area contributed by atoms with Crippen LogP contribution in [0.2, 0.25) is 5.02 Å². The number of furan rings is 1. The lowest BCUT2D eigenvalue weighted by molar-refractivity contribution is -0.122. The van der Waals surface area contributed by atoms with Crippen LogP contribution >= 0.6 is 23.4 Å². The minimum Gasteiger partial charge on any atom is -0.493 e. The van der Waals surface area contributed by atoms with Gasteiger partial charge in [0.25, 0.3) is 5.91 Å². The van der Waals surface area contributed by atoms with Gasteiger partial charge in [-0.05, 0) is 67.2 Å². The van der Waals surface area contributed by atoms with Crippen LogP contribution in [-0.4, -0.2) is 22.6 Å². The van der Waals surface area contributed by atoms with E-state index >= 15 is 0 Å². The number of hydrogen-bond donors (Lipinski definition) is 0. The lowest BCUT2D eigenvalue weighted by Crippen LogP contribution is -2.28. The van der Waals surface area contributed by atoms with E-state index in [2.05, 4.69) is 4.99 Å². The first-order valence-electron chi connectivity index (χ1n) is 9.44. The summed E-state index contributed by atoms with van der Waals surface area (Å²) in [4.78, 5) is 20.1. The van der Waals surface area contributed by atoms with Crippen LogP contribution in [0.4, 0.5) is 5.69 Å². The Hall–Kier alpha value is -2.96. The highest BCUT2D eigenvalue weighted by Gasteiger charge is 2.34. The number of amides is 1. The predicted octanol–water partition coefficient (Wildman–Crippen LogP) is 6.14. The van der Waals surface area contributed by atoms with Gasteiger partial charge in [-0.3, -0.25) is 9.69 Å². The van der Waals surface area contributed by atoms with Crippen molar-refractivity contribution in [2.45, 2.75) is 13.5 Å². The molecule has 5 nitrogen and oxygen atoms in total. The first-order valence-corrected chi connectivity index (χ1v) is 10.6.